The van der Waals surface area contributed by atoms with Crippen molar-refractivity contribution in [1.82, 2.24) is 0 Å². The summed E-state index contributed by atoms with van der Waals surface area (Å²) >= 11 is 10.9. The largest absolute Gasteiger partial charge is 0.247 e. The van der Waals surface area contributed by atoms with E-state index in [1.54, 1.807) is 0 Å². The first-order valence-corrected chi connectivity index (χ1v) is 3.58. The van der Waals surface area contributed by atoms with Gasteiger partial charge in [0.1, 0.15) is 6.17 Å². The summed E-state index contributed by atoms with van der Waals surface area (Å²) in [5.74, 6) is 0.718. The van der Waals surface area contributed by atoms with E-state index < -0.39 is 6.17 Å². The number of alkyl halides is 3. The molecule has 1 saturated carbocycles. The van der Waals surface area contributed by atoms with Crippen LogP contribution in [0.4, 0.5) is 4.39 Å². The monoisotopic (exact) mass is 156 g/mol. The number of halogens is 3. The zero-order valence-corrected chi connectivity index (χ0v) is 5.84. The second-order valence-corrected chi connectivity index (χ2v) is 2.84. The van der Waals surface area contributed by atoms with Gasteiger partial charge in [-0.05, 0) is 6.42 Å². The van der Waals surface area contributed by atoms with E-state index >= 15 is 0 Å². The standard InChI is InChI=1S/C5H7Cl2F/c6-2-5(3-7)1-4(5)8/h4H,1-3H2. The molecule has 0 aromatic heterocycles. The minimum absolute atomic E-state index is 0.344. The summed E-state index contributed by atoms with van der Waals surface area (Å²) in [4.78, 5) is 0. The van der Waals surface area contributed by atoms with Crippen LogP contribution in [0.5, 0.6) is 0 Å². The average Bonchev–Trinajstić information content (AvgIpc) is 2.43. The fourth-order valence-electron chi connectivity index (χ4n) is 0.610. The van der Waals surface area contributed by atoms with Crippen LogP contribution < -0.4 is 0 Å². The van der Waals surface area contributed by atoms with Gasteiger partial charge in [0.05, 0.1) is 0 Å². The Labute approximate surface area is 58.0 Å². The van der Waals surface area contributed by atoms with Gasteiger partial charge in [0, 0.05) is 17.2 Å². The van der Waals surface area contributed by atoms with E-state index in [2.05, 4.69) is 0 Å². The lowest BCUT2D eigenvalue weighted by Gasteiger charge is -2.02. The molecular formula is C5H7Cl2F. The summed E-state index contributed by atoms with van der Waals surface area (Å²) in [6, 6.07) is 0. The highest BCUT2D eigenvalue weighted by Gasteiger charge is 2.53. The Morgan fingerprint density at radius 2 is 1.88 bits per heavy atom. The quantitative estimate of drug-likeness (QED) is 0.539. The topological polar surface area (TPSA) is 0 Å². The predicted molar refractivity (Wildman–Crippen MR) is 33.4 cm³/mol. The van der Waals surface area contributed by atoms with Gasteiger partial charge in [0.15, 0.2) is 0 Å². The maximum atomic E-state index is 12.3. The normalized spacial score (nSPS) is 32.6. The minimum atomic E-state index is -0.738. The van der Waals surface area contributed by atoms with E-state index in [0.29, 0.717) is 18.2 Å². The van der Waals surface area contributed by atoms with E-state index in [0.717, 1.165) is 0 Å². The van der Waals surface area contributed by atoms with Gasteiger partial charge in [0.2, 0.25) is 0 Å². The third-order valence-electron chi connectivity index (χ3n) is 1.62. The van der Waals surface area contributed by atoms with Crippen molar-refractivity contribution in [1.29, 1.82) is 0 Å². The molecule has 0 heterocycles. The van der Waals surface area contributed by atoms with Gasteiger partial charge in [-0.1, -0.05) is 0 Å². The lowest BCUT2D eigenvalue weighted by molar-refractivity contribution is 0.403. The van der Waals surface area contributed by atoms with Gasteiger partial charge in [-0.25, -0.2) is 4.39 Å². The van der Waals surface area contributed by atoms with E-state index in [4.69, 9.17) is 23.2 Å². The SMILES string of the molecule is FC1CC1(CCl)CCl. The van der Waals surface area contributed by atoms with E-state index in [9.17, 15) is 4.39 Å². The molecule has 1 aliphatic rings. The van der Waals surface area contributed by atoms with Crippen LogP contribution >= 0.6 is 23.2 Å². The van der Waals surface area contributed by atoms with Gasteiger partial charge >= 0.3 is 0 Å². The van der Waals surface area contributed by atoms with Crippen molar-refractivity contribution >= 4 is 23.2 Å². The second-order valence-electron chi connectivity index (χ2n) is 2.30. The highest BCUT2D eigenvalue weighted by molar-refractivity contribution is 6.21. The number of hydrogen-bond donors (Lipinski definition) is 0. The minimum Gasteiger partial charge on any atom is -0.247 e. The molecule has 0 N–H and O–H groups in total. The third-order valence-corrected chi connectivity index (χ3v) is 2.69. The van der Waals surface area contributed by atoms with Gasteiger partial charge in [-0.2, -0.15) is 0 Å². The lowest BCUT2D eigenvalue weighted by Crippen LogP contribution is -2.07. The molecule has 0 bridgehead atoms. The Hall–Kier alpha value is 0.510. The molecule has 0 spiro atoms. The third kappa shape index (κ3) is 0.822. The smallest absolute Gasteiger partial charge is 0.109 e. The molecule has 8 heavy (non-hydrogen) atoms. The fourth-order valence-corrected chi connectivity index (χ4v) is 1.45. The van der Waals surface area contributed by atoms with Crippen molar-refractivity contribution in [3.63, 3.8) is 0 Å². The van der Waals surface area contributed by atoms with Crippen LogP contribution in [0.1, 0.15) is 6.42 Å². The van der Waals surface area contributed by atoms with Gasteiger partial charge in [-0.15, -0.1) is 23.2 Å². The molecule has 1 aliphatic carbocycles. The molecule has 1 rings (SSSR count). The number of rotatable bonds is 2. The van der Waals surface area contributed by atoms with Crippen LogP contribution in [-0.4, -0.2) is 17.9 Å². The van der Waals surface area contributed by atoms with Gasteiger partial charge < -0.3 is 0 Å². The van der Waals surface area contributed by atoms with E-state index in [1.807, 2.05) is 0 Å². The molecule has 48 valence electrons. The van der Waals surface area contributed by atoms with Crippen LogP contribution in [-0.2, 0) is 0 Å². The molecule has 0 aliphatic heterocycles. The Kier molecular flexibility index (Phi) is 1.68. The van der Waals surface area contributed by atoms with Gasteiger partial charge in [-0.3, -0.25) is 0 Å². The Morgan fingerprint density at radius 1 is 1.50 bits per heavy atom. The maximum absolute atomic E-state index is 12.3. The average molecular weight is 157 g/mol. The zero-order valence-electron chi connectivity index (χ0n) is 4.33. The van der Waals surface area contributed by atoms with Crippen molar-refractivity contribution in [2.45, 2.75) is 12.6 Å². The van der Waals surface area contributed by atoms with Crippen LogP contribution in [0, 0.1) is 5.41 Å². The number of hydrogen-bond acceptors (Lipinski definition) is 0. The molecule has 1 atom stereocenters. The predicted octanol–water partition coefficient (Wildman–Crippen LogP) is 2.19. The molecule has 0 amide bonds. The van der Waals surface area contributed by atoms with Crippen molar-refractivity contribution < 1.29 is 4.39 Å². The highest BCUT2D eigenvalue weighted by Crippen LogP contribution is 2.50. The molecular weight excluding hydrogens is 150 g/mol. The van der Waals surface area contributed by atoms with Crippen molar-refractivity contribution in [2.75, 3.05) is 11.8 Å². The van der Waals surface area contributed by atoms with Crippen LogP contribution in [0.3, 0.4) is 0 Å². The summed E-state index contributed by atoms with van der Waals surface area (Å²) in [7, 11) is 0. The summed E-state index contributed by atoms with van der Waals surface area (Å²) in [6.45, 7) is 0. The second kappa shape index (κ2) is 2.03. The Bertz CT molecular complexity index is 84.9. The molecule has 1 fully saturated rings. The molecule has 0 aromatic rings. The molecule has 3 heteroatoms. The van der Waals surface area contributed by atoms with Crippen molar-refractivity contribution in [3.05, 3.63) is 0 Å². The van der Waals surface area contributed by atoms with E-state index in [-0.39, 0.29) is 5.41 Å². The van der Waals surface area contributed by atoms with E-state index in [1.165, 1.54) is 0 Å². The zero-order chi connectivity index (χ0) is 6.20. The van der Waals surface area contributed by atoms with Crippen molar-refractivity contribution in [3.8, 4) is 0 Å². The molecule has 0 saturated heterocycles. The molecule has 1 unspecified atom stereocenters. The lowest BCUT2D eigenvalue weighted by atomic mass is 10.2. The highest BCUT2D eigenvalue weighted by atomic mass is 35.5. The molecule has 0 radical (unpaired) electrons. The van der Waals surface area contributed by atoms with Gasteiger partial charge in [0.25, 0.3) is 0 Å². The first kappa shape index (κ1) is 6.63. The molecule has 0 nitrogen and oxygen atoms in total. The molecule has 0 aromatic carbocycles. The first-order chi connectivity index (χ1) is 3.75. The fraction of sp³-hybridized carbons (Fsp3) is 1.00. The summed E-state index contributed by atoms with van der Waals surface area (Å²) < 4.78 is 12.3. The first-order valence-electron chi connectivity index (χ1n) is 2.51. The Morgan fingerprint density at radius 3 is 1.88 bits per heavy atom. The van der Waals surface area contributed by atoms with Crippen LogP contribution in [0.25, 0.3) is 0 Å². The van der Waals surface area contributed by atoms with Crippen LogP contribution in [0.2, 0.25) is 0 Å². The summed E-state index contributed by atoms with van der Waals surface area (Å²) in [6.07, 6.45) is -0.183. The van der Waals surface area contributed by atoms with Crippen molar-refractivity contribution in [2.24, 2.45) is 5.41 Å². The van der Waals surface area contributed by atoms with Crippen LogP contribution in [0.15, 0.2) is 0 Å². The summed E-state index contributed by atoms with van der Waals surface area (Å²) in [5.41, 5.74) is -0.344. The summed E-state index contributed by atoms with van der Waals surface area (Å²) in [5, 5.41) is 0. The maximum Gasteiger partial charge on any atom is 0.109 e. The Balaban J connectivity index is 2.39.